The molecule has 3 rings (SSSR count). The lowest BCUT2D eigenvalue weighted by Crippen LogP contribution is -2.35. The van der Waals surface area contributed by atoms with Gasteiger partial charge in [0.2, 0.25) is 10.0 Å². The zero-order chi connectivity index (χ0) is 15.3. The van der Waals surface area contributed by atoms with Gasteiger partial charge in [0.15, 0.2) is 0 Å². The summed E-state index contributed by atoms with van der Waals surface area (Å²) < 4.78 is 26.8. The number of H-pyrrole nitrogens is 1. The van der Waals surface area contributed by atoms with Crippen LogP contribution < -0.4 is 0 Å². The molecule has 0 bridgehead atoms. The molecule has 2 heterocycles. The van der Waals surface area contributed by atoms with Gasteiger partial charge >= 0.3 is 0 Å². The largest absolute Gasteiger partial charge is 0.390 e. The zero-order valence-electron chi connectivity index (χ0n) is 12.1. The van der Waals surface area contributed by atoms with Gasteiger partial charge < -0.3 is 10.1 Å². The van der Waals surface area contributed by atoms with E-state index in [0.29, 0.717) is 25.0 Å². The number of hydrogen-bond donors (Lipinski definition) is 2. The highest BCUT2D eigenvalue weighted by atomic mass is 32.2. The molecule has 0 spiro atoms. The number of fused-ring (bicyclic) bond motifs is 1. The van der Waals surface area contributed by atoms with Crippen molar-refractivity contribution in [2.24, 2.45) is 5.92 Å². The molecule has 0 aliphatic carbocycles. The number of aromatic nitrogens is 2. The quantitative estimate of drug-likeness (QED) is 0.896. The van der Waals surface area contributed by atoms with E-state index in [1.165, 1.54) is 4.31 Å². The Balaban J connectivity index is 1.90. The maximum absolute atomic E-state index is 12.7. The molecule has 2 N–H and O–H groups in total. The SMILES string of the molecule is CC(C)(O)[C@H]1CCN(S(=O)(=O)c2ccc3nc[nH]c3c2)C1. The van der Waals surface area contributed by atoms with E-state index >= 15 is 0 Å². The Morgan fingerprint density at radius 3 is 2.86 bits per heavy atom. The molecule has 1 aromatic heterocycles. The summed E-state index contributed by atoms with van der Waals surface area (Å²) in [5.74, 6) is -0.0387. The number of sulfonamides is 1. The minimum Gasteiger partial charge on any atom is -0.390 e. The van der Waals surface area contributed by atoms with Crippen LogP contribution in [0.2, 0.25) is 0 Å². The second-order valence-corrected chi connectivity index (χ2v) is 8.02. The summed E-state index contributed by atoms with van der Waals surface area (Å²) in [5.41, 5.74) is 0.580. The molecule has 1 fully saturated rings. The third kappa shape index (κ3) is 2.56. The molecule has 0 amide bonds. The molecule has 1 aromatic carbocycles. The van der Waals surface area contributed by atoms with Gasteiger partial charge in [-0.2, -0.15) is 4.31 Å². The molecule has 1 atom stereocenters. The molecule has 7 heteroatoms. The van der Waals surface area contributed by atoms with E-state index in [1.54, 1.807) is 38.4 Å². The molecule has 21 heavy (non-hydrogen) atoms. The van der Waals surface area contributed by atoms with E-state index in [4.69, 9.17) is 0 Å². The van der Waals surface area contributed by atoms with Crippen LogP contribution >= 0.6 is 0 Å². The number of nitrogens with one attached hydrogen (secondary N) is 1. The lowest BCUT2D eigenvalue weighted by Gasteiger charge is -2.25. The second kappa shape index (κ2) is 4.79. The molecule has 1 saturated heterocycles. The Morgan fingerprint density at radius 1 is 1.43 bits per heavy atom. The van der Waals surface area contributed by atoms with Gasteiger partial charge in [0.1, 0.15) is 0 Å². The van der Waals surface area contributed by atoms with Gasteiger partial charge in [-0.1, -0.05) is 0 Å². The number of hydrogen-bond acceptors (Lipinski definition) is 4. The van der Waals surface area contributed by atoms with Crippen LogP contribution in [0.3, 0.4) is 0 Å². The molecular weight excluding hydrogens is 290 g/mol. The van der Waals surface area contributed by atoms with Gasteiger partial charge in [0, 0.05) is 19.0 Å². The van der Waals surface area contributed by atoms with E-state index < -0.39 is 15.6 Å². The predicted molar refractivity (Wildman–Crippen MR) is 79.3 cm³/mol. The van der Waals surface area contributed by atoms with Crippen molar-refractivity contribution in [3.05, 3.63) is 24.5 Å². The van der Waals surface area contributed by atoms with Crippen molar-refractivity contribution in [1.82, 2.24) is 14.3 Å². The number of aromatic amines is 1. The van der Waals surface area contributed by atoms with Gasteiger partial charge in [-0.25, -0.2) is 13.4 Å². The number of nitrogens with zero attached hydrogens (tertiary/aromatic N) is 2. The summed E-state index contributed by atoms with van der Waals surface area (Å²) in [4.78, 5) is 7.27. The fraction of sp³-hybridized carbons (Fsp3) is 0.500. The monoisotopic (exact) mass is 309 g/mol. The smallest absolute Gasteiger partial charge is 0.243 e. The number of aliphatic hydroxyl groups is 1. The Bertz CT molecular complexity index is 761. The van der Waals surface area contributed by atoms with Gasteiger partial charge in [0.25, 0.3) is 0 Å². The molecule has 0 unspecified atom stereocenters. The van der Waals surface area contributed by atoms with E-state index in [0.717, 1.165) is 5.52 Å². The van der Waals surface area contributed by atoms with Gasteiger partial charge in [-0.05, 0) is 38.5 Å². The van der Waals surface area contributed by atoms with E-state index in [9.17, 15) is 13.5 Å². The minimum absolute atomic E-state index is 0.0387. The maximum atomic E-state index is 12.7. The Kier molecular flexibility index (Phi) is 3.31. The molecule has 0 saturated carbocycles. The first-order valence-corrected chi connectivity index (χ1v) is 8.38. The summed E-state index contributed by atoms with van der Waals surface area (Å²) in [6.45, 7) is 4.25. The first kappa shape index (κ1) is 14.5. The first-order valence-electron chi connectivity index (χ1n) is 6.94. The standard InChI is InChI=1S/C14H19N3O3S/c1-14(2,18)10-5-6-17(8-10)21(19,20)11-3-4-12-13(7-11)16-9-15-12/h3-4,7,9-10,18H,5-6,8H2,1-2H3,(H,15,16)/t10-/m0/s1. The summed E-state index contributed by atoms with van der Waals surface area (Å²) in [6.07, 6.45) is 2.22. The van der Waals surface area contributed by atoms with Crippen LogP contribution in [0.25, 0.3) is 11.0 Å². The number of benzene rings is 1. The van der Waals surface area contributed by atoms with Crippen molar-refractivity contribution in [2.45, 2.75) is 30.8 Å². The van der Waals surface area contributed by atoms with E-state index in [2.05, 4.69) is 9.97 Å². The molecule has 114 valence electrons. The summed E-state index contributed by atoms with van der Waals surface area (Å²) >= 11 is 0. The topological polar surface area (TPSA) is 86.3 Å². The minimum atomic E-state index is -3.53. The van der Waals surface area contributed by atoms with Crippen molar-refractivity contribution < 1.29 is 13.5 Å². The fourth-order valence-corrected chi connectivity index (χ4v) is 4.27. The Morgan fingerprint density at radius 2 is 2.19 bits per heavy atom. The van der Waals surface area contributed by atoms with Crippen LogP contribution in [-0.4, -0.2) is 46.5 Å². The predicted octanol–water partition coefficient (Wildman–Crippen LogP) is 1.34. The maximum Gasteiger partial charge on any atom is 0.243 e. The van der Waals surface area contributed by atoms with Crippen LogP contribution in [0.1, 0.15) is 20.3 Å². The van der Waals surface area contributed by atoms with Crippen molar-refractivity contribution in [3.63, 3.8) is 0 Å². The lowest BCUT2D eigenvalue weighted by atomic mass is 9.91. The van der Waals surface area contributed by atoms with Crippen molar-refractivity contribution >= 4 is 21.1 Å². The van der Waals surface area contributed by atoms with Crippen LogP contribution in [0.15, 0.2) is 29.4 Å². The van der Waals surface area contributed by atoms with Crippen molar-refractivity contribution in [3.8, 4) is 0 Å². The van der Waals surface area contributed by atoms with Crippen molar-refractivity contribution in [2.75, 3.05) is 13.1 Å². The Hall–Kier alpha value is -1.44. The first-order chi connectivity index (χ1) is 9.78. The van der Waals surface area contributed by atoms with Gasteiger partial charge in [-0.3, -0.25) is 0 Å². The molecule has 1 aliphatic rings. The molecule has 6 nitrogen and oxygen atoms in total. The fourth-order valence-electron chi connectivity index (χ4n) is 2.75. The highest BCUT2D eigenvalue weighted by molar-refractivity contribution is 7.89. The average Bonchev–Trinajstić information content (AvgIpc) is 3.06. The van der Waals surface area contributed by atoms with Crippen molar-refractivity contribution in [1.29, 1.82) is 0 Å². The normalized spacial score (nSPS) is 21.2. The second-order valence-electron chi connectivity index (χ2n) is 6.08. The highest BCUT2D eigenvalue weighted by Crippen LogP contribution is 2.31. The molecule has 1 aliphatic heterocycles. The van der Waals surface area contributed by atoms with Crippen LogP contribution in [0.5, 0.6) is 0 Å². The number of rotatable bonds is 3. The van der Waals surface area contributed by atoms with Crippen LogP contribution in [0, 0.1) is 5.92 Å². The average molecular weight is 309 g/mol. The van der Waals surface area contributed by atoms with Gasteiger partial charge in [-0.15, -0.1) is 0 Å². The molecular formula is C14H19N3O3S. The molecule has 2 aromatic rings. The summed E-state index contributed by atoms with van der Waals surface area (Å²) in [6, 6.07) is 4.88. The summed E-state index contributed by atoms with van der Waals surface area (Å²) in [7, 11) is -3.53. The lowest BCUT2D eigenvalue weighted by molar-refractivity contribution is 0.0236. The number of imidazole rings is 1. The third-order valence-corrected chi connectivity index (χ3v) is 6.04. The highest BCUT2D eigenvalue weighted by Gasteiger charge is 2.38. The molecule has 0 radical (unpaired) electrons. The zero-order valence-corrected chi connectivity index (χ0v) is 12.9. The summed E-state index contributed by atoms with van der Waals surface area (Å²) in [5, 5.41) is 10.1. The third-order valence-electron chi connectivity index (χ3n) is 4.18. The van der Waals surface area contributed by atoms with Crippen LogP contribution in [0.4, 0.5) is 0 Å². The van der Waals surface area contributed by atoms with E-state index in [-0.39, 0.29) is 10.8 Å². The van der Waals surface area contributed by atoms with Gasteiger partial charge in [0.05, 0.1) is 27.9 Å². The van der Waals surface area contributed by atoms with Crippen LogP contribution in [-0.2, 0) is 10.0 Å². The van der Waals surface area contributed by atoms with E-state index in [1.807, 2.05) is 0 Å². The Labute approximate surface area is 123 Å².